The molecule has 22 heavy (non-hydrogen) atoms. The van der Waals surface area contributed by atoms with Crippen molar-refractivity contribution in [2.75, 3.05) is 0 Å². The molecular weight excluding hydrogens is 274 g/mol. The fourth-order valence-electron chi connectivity index (χ4n) is 5.58. The number of fused-ring (bicyclic) bond motifs is 4. The maximum absolute atomic E-state index is 10.9. The molecule has 1 saturated carbocycles. The van der Waals surface area contributed by atoms with E-state index in [1.165, 1.54) is 11.1 Å². The van der Waals surface area contributed by atoms with Gasteiger partial charge in [0.25, 0.3) is 0 Å². The second kappa shape index (κ2) is 4.56. The van der Waals surface area contributed by atoms with Gasteiger partial charge in [-0.3, -0.25) is 0 Å². The Morgan fingerprint density at radius 3 is 2.73 bits per heavy atom. The molecule has 4 N–H and O–H groups in total. The van der Waals surface area contributed by atoms with Gasteiger partial charge in [0.15, 0.2) is 0 Å². The van der Waals surface area contributed by atoms with Crippen molar-refractivity contribution in [1.29, 1.82) is 0 Å². The maximum Gasteiger partial charge on any atom is 0.0817 e. The van der Waals surface area contributed by atoms with Crippen LogP contribution in [-0.4, -0.2) is 28.5 Å². The maximum atomic E-state index is 10.9. The van der Waals surface area contributed by atoms with Crippen molar-refractivity contribution in [3.05, 3.63) is 35.5 Å². The molecule has 3 nitrogen and oxygen atoms in total. The molecule has 4 aliphatic rings. The summed E-state index contributed by atoms with van der Waals surface area (Å²) >= 11 is 0. The number of aliphatic hydroxyl groups is 2. The quantitative estimate of drug-likeness (QED) is 0.602. The molecule has 1 fully saturated rings. The van der Waals surface area contributed by atoms with E-state index in [9.17, 15) is 10.2 Å². The fourth-order valence-corrected chi connectivity index (χ4v) is 5.58. The number of hydrogen-bond acceptors (Lipinski definition) is 3. The first-order chi connectivity index (χ1) is 10.4. The number of rotatable bonds is 0. The fraction of sp³-hybridized carbons (Fsp3) is 0.684. The minimum absolute atomic E-state index is 0.0974. The SMILES string of the molecule is C[C@]12CC[C@H]3C(=C1C=C[C@@H]2O)[C@@H](O)CC1C[C@@H](N)C=C[C@@]13C. The second-order valence-corrected chi connectivity index (χ2v) is 8.25. The predicted molar refractivity (Wildman–Crippen MR) is 87.0 cm³/mol. The zero-order valence-corrected chi connectivity index (χ0v) is 13.5. The van der Waals surface area contributed by atoms with E-state index in [4.69, 9.17) is 5.73 Å². The van der Waals surface area contributed by atoms with Crippen LogP contribution in [0.2, 0.25) is 0 Å². The summed E-state index contributed by atoms with van der Waals surface area (Å²) in [4.78, 5) is 0. The Labute approximate surface area is 132 Å². The van der Waals surface area contributed by atoms with Crippen molar-refractivity contribution in [3.63, 3.8) is 0 Å². The summed E-state index contributed by atoms with van der Waals surface area (Å²) in [6.45, 7) is 4.49. The summed E-state index contributed by atoms with van der Waals surface area (Å²) in [5.74, 6) is 0.833. The van der Waals surface area contributed by atoms with Crippen LogP contribution in [0.4, 0.5) is 0 Å². The number of aliphatic hydroxyl groups excluding tert-OH is 2. The largest absolute Gasteiger partial charge is 0.389 e. The third kappa shape index (κ3) is 1.73. The molecule has 0 aliphatic heterocycles. The normalized spacial score (nSPS) is 53.2. The molecule has 0 spiro atoms. The summed E-state index contributed by atoms with van der Waals surface area (Å²) in [5, 5.41) is 21.2. The van der Waals surface area contributed by atoms with E-state index in [0.29, 0.717) is 11.8 Å². The first-order valence-electron chi connectivity index (χ1n) is 8.60. The summed E-state index contributed by atoms with van der Waals surface area (Å²) in [6, 6.07) is 0.126. The average molecular weight is 301 g/mol. The number of allylic oxidation sites excluding steroid dienone is 2. The van der Waals surface area contributed by atoms with E-state index in [-0.39, 0.29) is 23.0 Å². The van der Waals surface area contributed by atoms with Gasteiger partial charge in [-0.2, -0.15) is 0 Å². The molecule has 0 saturated heterocycles. The lowest BCUT2D eigenvalue weighted by Gasteiger charge is -2.55. The third-order valence-corrected chi connectivity index (χ3v) is 7.11. The summed E-state index contributed by atoms with van der Waals surface area (Å²) < 4.78 is 0. The molecule has 3 heteroatoms. The Balaban J connectivity index is 1.84. The van der Waals surface area contributed by atoms with Gasteiger partial charge in [0.05, 0.1) is 12.2 Å². The molecule has 4 rings (SSSR count). The third-order valence-electron chi connectivity index (χ3n) is 7.11. The van der Waals surface area contributed by atoms with Crippen molar-refractivity contribution in [2.45, 2.75) is 57.8 Å². The minimum atomic E-state index is -0.413. The van der Waals surface area contributed by atoms with E-state index in [1.54, 1.807) is 0 Å². The van der Waals surface area contributed by atoms with Gasteiger partial charge in [-0.05, 0) is 54.1 Å². The zero-order valence-electron chi connectivity index (χ0n) is 13.5. The van der Waals surface area contributed by atoms with Crippen LogP contribution in [0.3, 0.4) is 0 Å². The van der Waals surface area contributed by atoms with Crippen LogP contribution in [0, 0.1) is 22.7 Å². The molecule has 120 valence electrons. The van der Waals surface area contributed by atoms with Gasteiger partial charge in [0, 0.05) is 11.5 Å². The first-order valence-corrected chi connectivity index (χ1v) is 8.60. The molecule has 0 aromatic rings. The first kappa shape index (κ1) is 14.7. The van der Waals surface area contributed by atoms with Crippen LogP contribution in [0.25, 0.3) is 0 Å². The van der Waals surface area contributed by atoms with Gasteiger partial charge in [0.2, 0.25) is 0 Å². The van der Waals surface area contributed by atoms with Crippen molar-refractivity contribution < 1.29 is 10.2 Å². The molecule has 7 atom stereocenters. The topological polar surface area (TPSA) is 66.5 Å². The Bertz CT molecular complexity index is 592. The Kier molecular flexibility index (Phi) is 3.04. The molecule has 0 radical (unpaired) electrons. The Hall–Kier alpha value is -0.900. The second-order valence-electron chi connectivity index (χ2n) is 8.25. The van der Waals surface area contributed by atoms with Crippen molar-refractivity contribution in [3.8, 4) is 0 Å². The summed E-state index contributed by atoms with van der Waals surface area (Å²) in [7, 11) is 0. The molecule has 0 amide bonds. The van der Waals surface area contributed by atoms with Crippen LogP contribution in [0.5, 0.6) is 0 Å². The highest BCUT2D eigenvalue weighted by Gasteiger charge is 2.55. The van der Waals surface area contributed by atoms with E-state index in [0.717, 1.165) is 25.7 Å². The van der Waals surface area contributed by atoms with Crippen molar-refractivity contribution in [1.82, 2.24) is 0 Å². The molecule has 0 bridgehead atoms. The highest BCUT2D eigenvalue weighted by atomic mass is 16.3. The number of nitrogens with two attached hydrogens (primary N) is 1. The molecule has 0 heterocycles. The highest BCUT2D eigenvalue weighted by Crippen LogP contribution is 2.61. The lowest BCUT2D eigenvalue weighted by atomic mass is 9.50. The minimum Gasteiger partial charge on any atom is -0.389 e. The Morgan fingerprint density at radius 1 is 1.18 bits per heavy atom. The van der Waals surface area contributed by atoms with Crippen LogP contribution < -0.4 is 5.73 Å². The number of hydrogen-bond donors (Lipinski definition) is 3. The molecule has 1 unspecified atom stereocenters. The standard InChI is InChI=1S/C19H27NO2/c1-18-7-5-12(20)9-11(18)10-15(21)17-13-3-4-16(22)19(13,2)8-6-14(17)18/h3-5,7,11-12,14-16,21-22H,6,8-10,20H2,1-2H3/t11?,12-,14-,15-,16-,18-,19-/m0/s1. The smallest absolute Gasteiger partial charge is 0.0817 e. The highest BCUT2D eigenvalue weighted by molar-refractivity contribution is 5.46. The van der Waals surface area contributed by atoms with E-state index < -0.39 is 6.10 Å². The van der Waals surface area contributed by atoms with Crippen LogP contribution in [0.1, 0.15) is 39.5 Å². The van der Waals surface area contributed by atoms with Crippen LogP contribution in [0.15, 0.2) is 35.5 Å². The van der Waals surface area contributed by atoms with E-state index >= 15 is 0 Å². The van der Waals surface area contributed by atoms with Gasteiger partial charge in [-0.15, -0.1) is 0 Å². The van der Waals surface area contributed by atoms with Gasteiger partial charge in [-0.1, -0.05) is 38.2 Å². The van der Waals surface area contributed by atoms with Crippen LogP contribution >= 0.6 is 0 Å². The van der Waals surface area contributed by atoms with Gasteiger partial charge >= 0.3 is 0 Å². The molecule has 0 aromatic heterocycles. The average Bonchev–Trinajstić information content (AvgIpc) is 2.77. The molecular formula is C19H27NO2. The summed E-state index contributed by atoms with van der Waals surface area (Å²) in [6.07, 6.45) is 11.4. The Morgan fingerprint density at radius 2 is 1.95 bits per heavy atom. The van der Waals surface area contributed by atoms with Gasteiger partial charge in [-0.25, -0.2) is 0 Å². The van der Waals surface area contributed by atoms with Gasteiger partial charge in [0.1, 0.15) is 0 Å². The van der Waals surface area contributed by atoms with E-state index in [1.807, 2.05) is 6.08 Å². The summed E-state index contributed by atoms with van der Waals surface area (Å²) in [5.41, 5.74) is 8.40. The van der Waals surface area contributed by atoms with Gasteiger partial charge < -0.3 is 15.9 Å². The molecule has 0 aromatic carbocycles. The van der Waals surface area contributed by atoms with Crippen molar-refractivity contribution in [2.24, 2.45) is 28.4 Å². The molecule has 4 aliphatic carbocycles. The predicted octanol–water partition coefficient (Wildman–Crippen LogP) is 2.30. The van der Waals surface area contributed by atoms with Crippen LogP contribution in [-0.2, 0) is 0 Å². The lowest BCUT2D eigenvalue weighted by Crippen LogP contribution is -2.51. The van der Waals surface area contributed by atoms with E-state index in [2.05, 4.69) is 32.1 Å². The monoisotopic (exact) mass is 301 g/mol. The van der Waals surface area contributed by atoms with Crippen molar-refractivity contribution >= 4 is 0 Å². The zero-order chi connectivity index (χ0) is 15.7. The lowest BCUT2D eigenvalue weighted by molar-refractivity contribution is 0.00635.